The molecule has 0 aliphatic heterocycles. The first-order chi connectivity index (χ1) is 6.81. The van der Waals surface area contributed by atoms with E-state index in [9.17, 15) is 0 Å². The Morgan fingerprint density at radius 3 is 2.64 bits per heavy atom. The van der Waals surface area contributed by atoms with E-state index in [4.69, 9.17) is 5.26 Å². The SMILES string of the molecule is CN(c1ccc(C#N)nn1)C1CCC1. The van der Waals surface area contributed by atoms with Crippen LogP contribution in [-0.2, 0) is 0 Å². The van der Waals surface area contributed by atoms with E-state index in [1.54, 1.807) is 6.07 Å². The minimum atomic E-state index is 0.371. The third-order valence-electron chi connectivity index (χ3n) is 2.75. The smallest absolute Gasteiger partial charge is 0.163 e. The predicted molar refractivity (Wildman–Crippen MR) is 52.8 cm³/mol. The van der Waals surface area contributed by atoms with Crippen molar-refractivity contribution in [1.29, 1.82) is 5.26 Å². The highest BCUT2D eigenvalue weighted by Gasteiger charge is 2.22. The van der Waals surface area contributed by atoms with Crippen molar-refractivity contribution in [3.8, 4) is 6.07 Å². The van der Waals surface area contributed by atoms with Gasteiger partial charge in [0.25, 0.3) is 0 Å². The van der Waals surface area contributed by atoms with Crippen LogP contribution in [0.15, 0.2) is 12.1 Å². The van der Waals surface area contributed by atoms with Crippen LogP contribution in [0.5, 0.6) is 0 Å². The van der Waals surface area contributed by atoms with Crippen molar-refractivity contribution in [2.24, 2.45) is 0 Å². The summed E-state index contributed by atoms with van der Waals surface area (Å²) in [6.07, 6.45) is 3.77. The molecule has 4 nitrogen and oxygen atoms in total. The molecule has 0 radical (unpaired) electrons. The molecule has 1 saturated carbocycles. The summed E-state index contributed by atoms with van der Waals surface area (Å²) in [4.78, 5) is 2.14. The molecule has 72 valence electrons. The molecule has 14 heavy (non-hydrogen) atoms. The van der Waals surface area contributed by atoms with Crippen LogP contribution in [0.1, 0.15) is 25.0 Å². The van der Waals surface area contributed by atoms with Gasteiger partial charge in [-0.05, 0) is 31.4 Å². The largest absolute Gasteiger partial charge is 0.355 e. The fraction of sp³-hybridized carbons (Fsp3) is 0.500. The van der Waals surface area contributed by atoms with Crippen molar-refractivity contribution in [2.75, 3.05) is 11.9 Å². The Morgan fingerprint density at radius 2 is 2.21 bits per heavy atom. The quantitative estimate of drug-likeness (QED) is 0.702. The monoisotopic (exact) mass is 188 g/mol. The zero-order valence-corrected chi connectivity index (χ0v) is 8.14. The Bertz CT molecular complexity index is 347. The summed E-state index contributed by atoms with van der Waals surface area (Å²) in [5.41, 5.74) is 0.371. The van der Waals surface area contributed by atoms with Crippen LogP contribution in [0, 0.1) is 11.3 Å². The molecular weight excluding hydrogens is 176 g/mol. The maximum atomic E-state index is 8.57. The summed E-state index contributed by atoms with van der Waals surface area (Å²) in [6, 6.07) is 6.12. The van der Waals surface area contributed by atoms with Crippen molar-refractivity contribution in [2.45, 2.75) is 25.3 Å². The highest BCUT2D eigenvalue weighted by atomic mass is 15.3. The number of aromatic nitrogens is 2. The van der Waals surface area contributed by atoms with Crippen LogP contribution in [0.2, 0.25) is 0 Å². The van der Waals surface area contributed by atoms with Crippen LogP contribution in [-0.4, -0.2) is 23.3 Å². The first kappa shape index (κ1) is 8.95. The molecule has 4 heteroatoms. The van der Waals surface area contributed by atoms with E-state index >= 15 is 0 Å². The summed E-state index contributed by atoms with van der Waals surface area (Å²) >= 11 is 0. The molecule has 0 aromatic carbocycles. The number of hydrogen-bond donors (Lipinski definition) is 0. The molecule has 1 aromatic heterocycles. The van der Waals surface area contributed by atoms with Gasteiger partial charge in [0, 0.05) is 13.1 Å². The van der Waals surface area contributed by atoms with Crippen LogP contribution >= 0.6 is 0 Å². The molecular formula is C10H12N4. The second kappa shape index (κ2) is 3.62. The second-order valence-corrected chi connectivity index (χ2v) is 3.58. The third kappa shape index (κ3) is 1.53. The topological polar surface area (TPSA) is 52.8 Å². The van der Waals surface area contributed by atoms with Gasteiger partial charge in [-0.1, -0.05) is 0 Å². The summed E-state index contributed by atoms with van der Waals surface area (Å²) in [7, 11) is 2.03. The molecule has 0 bridgehead atoms. The van der Waals surface area contributed by atoms with Crippen molar-refractivity contribution >= 4 is 5.82 Å². The summed E-state index contributed by atoms with van der Waals surface area (Å²) in [5, 5.41) is 16.4. The average molecular weight is 188 g/mol. The normalized spacial score (nSPS) is 15.7. The minimum Gasteiger partial charge on any atom is -0.355 e. The van der Waals surface area contributed by atoms with Crippen LogP contribution in [0.25, 0.3) is 0 Å². The standard InChI is InChI=1S/C10H12N4/c1-14(9-3-2-4-9)10-6-5-8(7-11)12-13-10/h5-6,9H,2-4H2,1H3. The molecule has 0 unspecified atom stereocenters. The average Bonchev–Trinajstić information content (AvgIpc) is 2.15. The predicted octanol–water partition coefficient (Wildman–Crippen LogP) is 1.34. The Kier molecular flexibility index (Phi) is 2.32. The van der Waals surface area contributed by atoms with Crippen LogP contribution in [0.4, 0.5) is 5.82 Å². The summed E-state index contributed by atoms with van der Waals surface area (Å²) in [5.74, 6) is 0.855. The lowest BCUT2D eigenvalue weighted by Crippen LogP contribution is -2.37. The number of nitriles is 1. The highest BCUT2D eigenvalue weighted by molar-refractivity contribution is 5.39. The lowest BCUT2D eigenvalue weighted by Gasteiger charge is -2.35. The van der Waals surface area contributed by atoms with Gasteiger partial charge in [0.15, 0.2) is 11.5 Å². The van der Waals surface area contributed by atoms with Gasteiger partial charge in [-0.3, -0.25) is 0 Å². The van der Waals surface area contributed by atoms with Crippen LogP contribution in [0.3, 0.4) is 0 Å². The molecule has 0 spiro atoms. The molecule has 1 aliphatic rings. The van der Waals surface area contributed by atoms with Crippen molar-refractivity contribution < 1.29 is 0 Å². The lowest BCUT2D eigenvalue weighted by atomic mass is 9.92. The van der Waals surface area contributed by atoms with E-state index in [2.05, 4.69) is 15.1 Å². The first-order valence-electron chi connectivity index (χ1n) is 4.78. The van der Waals surface area contributed by atoms with Crippen molar-refractivity contribution in [3.05, 3.63) is 17.8 Å². The maximum Gasteiger partial charge on any atom is 0.163 e. The van der Waals surface area contributed by atoms with E-state index in [0.717, 1.165) is 5.82 Å². The first-order valence-corrected chi connectivity index (χ1v) is 4.78. The molecule has 2 rings (SSSR count). The van der Waals surface area contributed by atoms with Gasteiger partial charge in [-0.15, -0.1) is 10.2 Å². The Hall–Kier alpha value is -1.63. The van der Waals surface area contributed by atoms with Gasteiger partial charge in [-0.25, -0.2) is 0 Å². The number of hydrogen-bond acceptors (Lipinski definition) is 4. The molecule has 1 aromatic rings. The summed E-state index contributed by atoms with van der Waals surface area (Å²) in [6.45, 7) is 0. The van der Waals surface area contributed by atoms with E-state index < -0.39 is 0 Å². The van der Waals surface area contributed by atoms with Gasteiger partial charge in [0.05, 0.1) is 0 Å². The minimum absolute atomic E-state index is 0.371. The summed E-state index contributed by atoms with van der Waals surface area (Å²) < 4.78 is 0. The lowest BCUT2D eigenvalue weighted by molar-refractivity contribution is 0.398. The van der Waals surface area contributed by atoms with Gasteiger partial charge in [0.1, 0.15) is 6.07 Å². The zero-order chi connectivity index (χ0) is 9.97. The molecule has 0 amide bonds. The van der Waals surface area contributed by atoms with Gasteiger partial charge in [-0.2, -0.15) is 5.26 Å². The van der Waals surface area contributed by atoms with Gasteiger partial charge >= 0.3 is 0 Å². The molecule has 1 fully saturated rings. The molecule has 0 saturated heterocycles. The Labute approximate surface area is 83.2 Å². The maximum absolute atomic E-state index is 8.57. The van der Waals surface area contributed by atoms with E-state index in [1.165, 1.54) is 19.3 Å². The van der Waals surface area contributed by atoms with Gasteiger partial charge in [0.2, 0.25) is 0 Å². The van der Waals surface area contributed by atoms with Crippen LogP contribution < -0.4 is 4.90 Å². The van der Waals surface area contributed by atoms with E-state index in [0.29, 0.717) is 11.7 Å². The second-order valence-electron chi connectivity index (χ2n) is 3.58. The molecule has 1 heterocycles. The Morgan fingerprint density at radius 1 is 1.43 bits per heavy atom. The third-order valence-corrected chi connectivity index (χ3v) is 2.75. The number of anilines is 1. The fourth-order valence-corrected chi connectivity index (χ4v) is 1.53. The van der Waals surface area contributed by atoms with Gasteiger partial charge < -0.3 is 4.90 Å². The Balaban J connectivity index is 2.12. The zero-order valence-electron chi connectivity index (χ0n) is 8.14. The van der Waals surface area contributed by atoms with Crippen molar-refractivity contribution in [3.63, 3.8) is 0 Å². The number of rotatable bonds is 2. The molecule has 0 atom stereocenters. The van der Waals surface area contributed by atoms with Crippen molar-refractivity contribution in [1.82, 2.24) is 10.2 Å². The molecule has 0 N–H and O–H groups in total. The van der Waals surface area contributed by atoms with E-state index in [-0.39, 0.29) is 0 Å². The molecule has 1 aliphatic carbocycles. The highest BCUT2D eigenvalue weighted by Crippen LogP contribution is 2.26. The van der Waals surface area contributed by atoms with E-state index in [1.807, 2.05) is 19.2 Å². The fourth-order valence-electron chi connectivity index (χ4n) is 1.53. The number of nitrogens with zero attached hydrogens (tertiary/aromatic N) is 4.